The zero-order valence-corrected chi connectivity index (χ0v) is 11.0. The van der Waals surface area contributed by atoms with Crippen molar-refractivity contribution in [2.45, 2.75) is 43.0 Å². The van der Waals surface area contributed by atoms with Crippen LogP contribution in [0.1, 0.15) is 38.2 Å². The topological polar surface area (TPSA) is 0 Å². The number of rotatable bonds is 6. The molecule has 0 fully saturated rings. The molecule has 0 heterocycles. The number of aryl methyl sites for hydroxylation is 1. The maximum atomic E-state index is 2.56. The van der Waals surface area contributed by atoms with Crippen LogP contribution < -0.4 is 0 Å². The van der Waals surface area contributed by atoms with Gasteiger partial charge in [-0.15, -0.1) is 0 Å². The van der Waals surface area contributed by atoms with Gasteiger partial charge in [0, 0.05) is 3.92 Å². The lowest BCUT2D eigenvalue weighted by molar-refractivity contribution is 0.656. The number of halogens is 1. The van der Waals surface area contributed by atoms with Gasteiger partial charge in [0.25, 0.3) is 0 Å². The molecule has 0 radical (unpaired) electrons. The van der Waals surface area contributed by atoms with Crippen LogP contribution in [0.3, 0.4) is 0 Å². The van der Waals surface area contributed by atoms with E-state index in [-0.39, 0.29) is 0 Å². The summed E-state index contributed by atoms with van der Waals surface area (Å²) in [5.74, 6) is 0. The Morgan fingerprint density at radius 1 is 1.14 bits per heavy atom. The van der Waals surface area contributed by atoms with Crippen molar-refractivity contribution in [3.63, 3.8) is 0 Å². The fraction of sp³-hybridized carbons (Fsp3) is 0.538. The van der Waals surface area contributed by atoms with E-state index in [4.69, 9.17) is 0 Å². The maximum Gasteiger partial charge on any atom is 0.0107 e. The van der Waals surface area contributed by atoms with Crippen LogP contribution in [-0.4, -0.2) is 3.92 Å². The van der Waals surface area contributed by atoms with E-state index >= 15 is 0 Å². The van der Waals surface area contributed by atoms with Crippen LogP contribution in [0, 0.1) is 0 Å². The Morgan fingerprint density at radius 3 is 2.50 bits per heavy atom. The van der Waals surface area contributed by atoms with Gasteiger partial charge in [-0.3, -0.25) is 0 Å². The summed E-state index contributed by atoms with van der Waals surface area (Å²) in [6, 6.07) is 10.8. The Bertz CT molecular complexity index is 230. The lowest BCUT2D eigenvalue weighted by Gasteiger charge is -2.05. The van der Waals surface area contributed by atoms with E-state index < -0.39 is 0 Å². The molecule has 0 aliphatic carbocycles. The first-order valence-electron chi connectivity index (χ1n) is 5.51. The molecule has 1 aromatic rings. The average molecular weight is 302 g/mol. The number of alkyl halides is 1. The van der Waals surface area contributed by atoms with Gasteiger partial charge >= 0.3 is 0 Å². The van der Waals surface area contributed by atoms with Crippen LogP contribution in [-0.2, 0) is 6.42 Å². The molecule has 0 amide bonds. The summed E-state index contributed by atoms with van der Waals surface area (Å²) in [6.07, 6.45) is 6.64. The van der Waals surface area contributed by atoms with Crippen molar-refractivity contribution < 1.29 is 0 Å². The standard InChI is InChI=1S/C13H19I/c1-2-13(14)11-7-6-10-12-8-4-3-5-9-12/h3-5,8-9,13H,2,6-7,10-11H2,1H3. The van der Waals surface area contributed by atoms with E-state index in [0.29, 0.717) is 0 Å². The molecule has 1 rings (SSSR count). The fourth-order valence-corrected chi connectivity index (χ4v) is 1.98. The summed E-state index contributed by atoms with van der Waals surface area (Å²) in [5.41, 5.74) is 1.48. The van der Waals surface area contributed by atoms with Gasteiger partial charge in [0.05, 0.1) is 0 Å². The lowest BCUT2D eigenvalue weighted by Crippen LogP contribution is -1.95. The maximum absolute atomic E-state index is 2.56. The molecule has 0 spiro atoms. The first-order valence-corrected chi connectivity index (χ1v) is 6.75. The molecule has 0 aliphatic heterocycles. The van der Waals surface area contributed by atoms with Gasteiger partial charge in [-0.2, -0.15) is 0 Å². The molecule has 1 unspecified atom stereocenters. The van der Waals surface area contributed by atoms with Crippen molar-refractivity contribution in [3.8, 4) is 0 Å². The average Bonchev–Trinajstić information content (AvgIpc) is 2.25. The highest BCUT2D eigenvalue weighted by molar-refractivity contribution is 14.1. The lowest BCUT2D eigenvalue weighted by atomic mass is 10.1. The van der Waals surface area contributed by atoms with Crippen molar-refractivity contribution in [3.05, 3.63) is 35.9 Å². The molecule has 0 bridgehead atoms. The largest absolute Gasteiger partial charge is 0.0826 e. The predicted octanol–water partition coefficient (Wildman–Crippen LogP) is 4.61. The third-order valence-corrected chi connectivity index (χ3v) is 4.02. The van der Waals surface area contributed by atoms with Gasteiger partial charge < -0.3 is 0 Å². The first kappa shape index (κ1) is 12.0. The Kier molecular flexibility index (Phi) is 6.24. The third-order valence-electron chi connectivity index (χ3n) is 2.52. The van der Waals surface area contributed by atoms with Gasteiger partial charge in [0.15, 0.2) is 0 Å². The summed E-state index contributed by atoms with van der Waals surface area (Å²) in [5, 5.41) is 0. The normalized spacial score (nSPS) is 12.7. The van der Waals surface area contributed by atoms with E-state index in [9.17, 15) is 0 Å². The van der Waals surface area contributed by atoms with Crippen molar-refractivity contribution in [2.75, 3.05) is 0 Å². The molecule has 0 aliphatic rings. The zero-order chi connectivity index (χ0) is 10.2. The predicted molar refractivity (Wildman–Crippen MR) is 72.1 cm³/mol. The van der Waals surface area contributed by atoms with E-state index in [1.54, 1.807) is 0 Å². The van der Waals surface area contributed by atoms with Gasteiger partial charge in [0.2, 0.25) is 0 Å². The summed E-state index contributed by atoms with van der Waals surface area (Å²) in [6.45, 7) is 2.27. The number of unbranched alkanes of at least 4 members (excludes halogenated alkanes) is 1. The summed E-state index contributed by atoms with van der Waals surface area (Å²) < 4.78 is 0.878. The van der Waals surface area contributed by atoms with Crippen molar-refractivity contribution in [2.24, 2.45) is 0 Å². The van der Waals surface area contributed by atoms with Crippen LogP contribution in [0.25, 0.3) is 0 Å². The Hall–Kier alpha value is -0.0500. The summed E-state index contributed by atoms with van der Waals surface area (Å²) >= 11 is 2.56. The second-order valence-corrected chi connectivity index (χ2v) is 5.50. The van der Waals surface area contributed by atoms with E-state index in [1.807, 2.05) is 0 Å². The molecule has 0 saturated heterocycles. The summed E-state index contributed by atoms with van der Waals surface area (Å²) in [7, 11) is 0. The Balaban J connectivity index is 2.10. The number of hydrogen-bond donors (Lipinski definition) is 0. The minimum absolute atomic E-state index is 0.878. The molecular formula is C13H19I. The highest BCUT2D eigenvalue weighted by Crippen LogP contribution is 2.15. The minimum Gasteiger partial charge on any atom is -0.0826 e. The van der Waals surface area contributed by atoms with Crippen LogP contribution in [0.4, 0.5) is 0 Å². The number of hydrogen-bond acceptors (Lipinski definition) is 0. The molecule has 0 N–H and O–H groups in total. The molecular weight excluding hydrogens is 283 g/mol. The molecule has 0 nitrogen and oxygen atoms in total. The van der Waals surface area contributed by atoms with Gasteiger partial charge in [0.1, 0.15) is 0 Å². The second-order valence-electron chi connectivity index (χ2n) is 3.74. The Labute approximate surface area is 101 Å². The van der Waals surface area contributed by atoms with Gasteiger partial charge in [-0.1, -0.05) is 66.3 Å². The van der Waals surface area contributed by atoms with Crippen molar-refractivity contribution in [1.29, 1.82) is 0 Å². The monoisotopic (exact) mass is 302 g/mol. The van der Waals surface area contributed by atoms with Gasteiger partial charge in [-0.25, -0.2) is 0 Å². The molecule has 0 aromatic heterocycles. The SMILES string of the molecule is CCC(I)CCCCc1ccccc1. The minimum atomic E-state index is 0.878. The molecule has 1 aromatic carbocycles. The van der Waals surface area contributed by atoms with E-state index in [0.717, 1.165) is 3.92 Å². The number of benzene rings is 1. The van der Waals surface area contributed by atoms with Gasteiger partial charge in [-0.05, 0) is 31.2 Å². The molecule has 0 saturated carbocycles. The van der Waals surface area contributed by atoms with Crippen molar-refractivity contribution in [1.82, 2.24) is 0 Å². The zero-order valence-electron chi connectivity index (χ0n) is 8.88. The molecule has 14 heavy (non-hydrogen) atoms. The Morgan fingerprint density at radius 2 is 1.86 bits per heavy atom. The van der Waals surface area contributed by atoms with Crippen LogP contribution >= 0.6 is 22.6 Å². The van der Waals surface area contributed by atoms with Crippen molar-refractivity contribution >= 4 is 22.6 Å². The van der Waals surface area contributed by atoms with Crippen LogP contribution in [0.15, 0.2) is 30.3 Å². The smallest absolute Gasteiger partial charge is 0.0107 e. The first-order chi connectivity index (χ1) is 6.83. The molecule has 78 valence electrons. The third kappa shape index (κ3) is 4.99. The molecule has 1 atom stereocenters. The second kappa shape index (κ2) is 7.27. The molecule has 1 heteroatoms. The van der Waals surface area contributed by atoms with E-state index in [2.05, 4.69) is 59.8 Å². The van der Waals surface area contributed by atoms with Crippen LogP contribution in [0.5, 0.6) is 0 Å². The highest BCUT2D eigenvalue weighted by atomic mass is 127. The quantitative estimate of drug-likeness (QED) is 0.409. The van der Waals surface area contributed by atoms with Crippen LogP contribution in [0.2, 0.25) is 0 Å². The summed E-state index contributed by atoms with van der Waals surface area (Å²) in [4.78, 5) is 0. The van der Waals surface area contributed by atoms with E-state index in [1.165, 1.54) is 37.7 Å². The fourth-order valence-electron chi connectivity index (χ4n) is 1.54. The highest BCUT2D eigenvalue weighted by Gasteiger charge is 1.99.